The Balaban J connectivity index is 3.44. The molecule has 1 heterocycles. The molecule has 0 saturated heterocycles. The van der Waals surface area contributed by atoms with Crippen LogP contribution >= 0.6 is 0 Å². The van der Waals surface area contributed by atoms with Crippen LogP contribution in [0, 0.1) is 22.5 Å². The van der Waals surface area contributed by atoms with Gasteiger partial charge in [0.15, 0.2) is 0 Å². The van der Waals surface area contributed by atoms with Crippen molar-refractivity contribution in [3.05, 3.63) is 37.1 Å². The molecule has 0 spiro atoms. The first-order valence-electron chi connectivity index (χ1n) is 3.48. The summed E-state index contributed by atoms with van der Waals surface area (Å²) in [5, 5.41) is 10.3. The number of terminal acetylenes is 1. The van der Waals surface area contributed by atoms with E-state index in [1.807, 2.05) is 0 Å². The predicted octanol–water partition coefficient (Wildman–Crippen LogP) is -0.922. The second-order valence-electron chi connectivity index (χ2n) is 2.36. The third-order valence-corrected chi connectivity index (χ3v) is 1.45. The molecule has 14 heavy (non-hydrogen) atoms. The van der Waals surface area contributed by atoms with Crippen molar-refractivity contribution in [2.24, 2.45) is 0 Å². The second kappa shape index (κ2) is 3.57. The maximum Gasteiger partial charge on any atom is 0.350 e. The van der Waals surface area contributed by atoms with Crippen LogP contribution in [0.4, 0.5) is 5.69 Å². The molecule has 0 radical (unpaired) electrons. The molecule has 7 nitrogen and oxygen atoms in total. The lowest BCUT2D eigenvalue weighted by Crippen LogP contribution is -2.30. The van der Waals surface area contributed by atoms with E-state index in [-0.39, 0.29) is 6.54 Å². The molecule has 0 atom stereocenters. The molecule has 0 amide bonds. The van der Waals surface area contributed by atoms with Crippen LogP contribution in [0.3, 0.4) is 0 Å². The zero-order valence-electron chi connectivity index (χ0n) is 6.89. The smallest absolute Gasteiger partial charge is 0.282 e. The van der Waals surface area contributed by atoms with Crippen LogP contribution in [0.1, 0.15) is 0 Å². The van der Waals surface area contributed by atoms with E-state index in [9.17, 15) is 19.7 Å². The Morgan fingerprint density at radius 3 is 2.79 bits per heavy atom. The van der Waals surface area contributed by atoms with Gasteiger partial charge in [-0.2, -0.15) is 0 Å². The van der Waals surface area contributed by atoms with E-state index >= 15 is 0 Å². The average molecular weight is 195 g/mol. The largest absolute Gasteiger partial charge is 0.350 e. The summed E-state index contributed by atoms with van der Waals surface area (Å²) in [6, 6.07) is 0. The molecular weight excluding hydrogens is 190 g/mol. The van der Waals surface area contributed by atoms with Gasteiger partial charge in [0.2, 0.25) is 0 Å². The molecule has 0 aromatic carbocycles. The van der Waals surface area contributed by atoms with E-state index in [1.54, 1.807) is 4.98 Å². The number of hydrogen-bond acceptors (Lipinski definition) is 4. The summed E-state index contributed by atoms with van der Waals surface area (Å²) in [4.78, 5) is 33.1. The fourth-order valence-electron chi connectivity index (χ4n) is 0.844. The lowest BCUT2D eigenvalue weighted by Gasteiger charge is -1.97. The lowest BCUT2D eigenvalue weighted by molar-refractivity contribution is -0.386. The number of nitrogens with zero attached hydrogens (tertiary/aromatic N) is 2. The van der Waals surface area contributed by atoms with Gasteiger partial charge in [-0.25, -0.2) is 4.79 Å². The Kier molecular flexibility index (Phi) is 2.48. The standard InChI is InChI=1S/C7H5N3O4/c1-2-3-9-4-5(10(13)14)6(11)8-7(9)12/h1,4H,3H2,(H,8,11,12). The Hall–Kier alpha value is -2.36. The van der Waals surface area contributed by atoms with Crippen LogP contribution < -0.4 is 11.2 Å². The van der Waals surface area contributed by atoms with E-state index in [0.29, 0.717) is 0 Å². The molecule has 1 N–H and O–H groups in total. The molecule has 1 rings (SSSR count). The van der Waals surface area contributed by atoms with E-state index in [4.69, 9.17) is 6.42 Å². The highest BCUT2D eigenvalue weighted by Gasteiger charge is 2.13. The van der Waals surface area contributed by atoms with Crippen molar-refractivity contribution in [2.75, 3.05) is 0 Å². The van der Waals surface area contributed by atoms with E-state index in [0.717, 1.165) is 10.8 Å². The van der Waals surface area contributed by atoms with Crippen LogP contribution in [-0.4, -0.2) is 14.5 Å². The van der Waals surface area contributed by atoms with Gasteiger partial charge in [0.1, 0.15) is 0 Å². The monoisotopic (exact) mass is 195 g/mol. The normalized spacial score (nSPS) is 9.36. The number of nitrogens with one attached hydrogen (secondary N) is 1. The van der Waals surface area contributed by atoms with Crippen molar-refractivity contribution in [3.8, 4) is 12.3 Å². The third kappa shape index (κ3) is 1.69. The Labute approximate surface area is 77.2 Å². The molecule has 0 aliphatic rings. The Bertz CT molecular complexity index is 519. The highest BCUT2D eigenvalue weighted by atomic mass is 16.6. The molecule has 1 aromatic heterocycles. The van der Waals surface area contributed by atoms with Crippen LogP contribution in [0.15, 0.2) is 15.8 Å². The molecule has 1 aromatic rings. The second-order valence-corrected chi connectivity index (χ2v) is 2.36. The molecule has 72 valence electrons. The summed E-state index contributed by atoms with van der Waals surface area (Å²) in [6.07, 6.45) is 5.74. The minimum atomic E-state index is -1.03. The lowest BCUT2D eigenvalue weighted by atomic mass is 10.5. The third-order valence-electron chi connectivity index (χ3n) is 1.45. The van der Waals surface area contributed by atoms with Crippen molar-refractivity contribution in [1.29, 1.82) is 0 Å². The predicted molar refractivity (Wildman–Crippen MR) is 46.8 cm³/mol. The number of nitro groups is 1. The minimum absolute atomic E-state index is 0.129. The van der Waals surface area contributed by atoms with Crippen molar-refractivity contribution in [2.45, 2.75) is 6.54 Å². The van der Waals surface area contributed by atoms with Crippen molar-refractivity contribution in [1.82, 2.24) is 9.55 Å². The average Bonchev–Trinajstić information content (AvgIpc) is 2.09. The highest BCUT2D eigenvalue weighted by molar-refractivity contribution is 5.21. The minimum Gasteiger partial charge on any atom is -0.282 e. The quantitative estimate of drug-likeness (QED) is 0.374. The summed E-state index contributed by atoms with van der Waals surface area (Å²) >= 11 is 0. The van der Waals surface area contributed by atoms with Gasteiger partial charge < -0.3 is 0 Å². The summed E-state index contributed by atoms with van der Waals surface area (Å²) in [6.45, 7) is -0.129. The first-order chi connectivity index (χ1) is 6.56. The molecule has 0 aliphatic heterocycles. The Morgan fingerprint density at radius 2 is 2.29 bits per heavy atom. The fraction of sp³-hybridized carbons (Fsp3) is 0.143. The van der Waals surface area contributed by atoms with Gasteiger partial charge >= 0.3 is 16.9 Å². The van der Waals surface area contributed by atoms with E-state index in [2.05, 4.69) is 5.92 Å². The van der Waals surface area contributed by atoms with Crippen molar-refractivity contribution >= 4 is 5.69 Å². The fourth-order valence-corrected chi connectivity index (χ4v) is 0.844. The molecule has 0 saturated carbocycles. The maximum atomic E-state index is 11.0. The summed E-state index contributed by atoms with van der Waals surface area (Å²) in [5.41, 5.74) is -2.51. The van der Waals surface area contributed by atoms with Gasteiger partial charge in [-0.3, -0.25) is 24.5 Å². The van der Waals surface area contributed by atoms with Crippen molar-refractivity contribution in [3.63, 3.8) is 0 Å². The maximum absolute atomic E-state index is 11.0. The first-order valence-corrected chi connectivity index (χ1v) is 3.48. The topological polar surface area (TPSA) is 98.0 Å². The van der Waals surface area contributed by atoms with Crippen LogP contribution in [-0.2, 0) is 6.54 Å². The Morgan fingerprint density at radius 1 is 1.64 bits per heavy atom. The van der Waals surface area contributed by atoms with Gasteiger partial charge in [-0.1, -0.05) is 5.92 Å². The number of H-pyrrole nitrogens is 1. The van der Waals surface area contributed by atoms with Crippen LogP contribution in [0.25, 0.3) is 0 Å². The number of rotatable bonds is 2. The van der Waals surface area contributed by atoms with E-state index < -0.39 is 21.9 Å². The van der Waals surface area contributed by atoms with Gasteiger partial charge in [0, 0.05) is 0 Å². The molecular formula is C7H5N3O4. The zero-order valence-corrected chi connectivity index (χ0v) is 6.89. The van der Waals surface area contributed by atoms with Gasteiger partial charge in [-0.05, 0) is 0 Å². The van der Waals surface area contributed by atoms with Crippen LogP contribution in [0.2, 0.25) is 0 Å². The number of aromatic nitrogens is 2. The molecule has 0 aliphatic carbocycles. The van der Waals surface area contributed by atoms with Gasteiger partial charge in [-0.15, -0.1) is 6.42 Å². The molecule has 0 bridgehead atoms. The summed E-state index contributed by atoms with van der Waals surface area (Å²) in [5.74, 6) is 2.13. The zero-order chi connectivity index (χ0) is 10.7. The first kappa shape index (κ1) is 9.73. The summed E-state index contributed by atoms with van der Waals surface area (Å²) in [7, 11) is 0. The van der Waals surface area contributed by atoms with Crippen molar-refractivity contribution < 1.29 is 4.92 Å². The van der Waals surface area contributed by atoms with Crippen LogP contribution in [0.5, 0.6) is 0 Å². The van der Waals surface area contributed by atoms with Gasteiger partial charge in [0.25, 0.3) is 0 Å². The highest BCUT2D eigenvalue weighted by Crippen LogP contribution is 1.97. The number of hydrogen-bond donors (Lipinski definition) is 1. The molecule has 0 unspecified atom stereocenters. The van der Waals surface area contributed by atoms with Gasteiger partial charge in [0.05, 0.1) is 17.7 Å². The summed E-state index contributed by atoms with van der Waals surface area (Å²) < 4.78 is 0.875. The molecule has 7 heteroatoms. The van der Waals surface area contributed by atoms with E-state index in [1.165, 1.54) is 0 Å². The molecule has 0 fully saturated rings. The SMILES string of the molecule is C#CCn1cc([N+](=O)[O-])c(=O)[nH]c1=O. The number of aromatic amines is 1.